The lowest BCUT2D eigenvalue weighted by Gasteiger charge is -2.33. The minimum Gasteiger partial charge on any atom is -0.468 e. The first-order valence-electron chi connectivity index (χ1n) is 10.1. The number of tetrazole rings is 1. The molecule has 0 amide bonds. The average Bonchev–Trinajstić information content (AvgIpc) is 3.45. The topological polar surface area (TPSA) is 82.1 Å². The van der Waals surface area contributed by atoms with Crippen molar-refractivity contribution in [3.05, 3.63) is 60.1 Å². The van der Waals surface area contributed by atoms with Gasteiger partial charge in [0, 0.05) is 25.5 Å². The van der Waals surface area contributed by atoms with Crippen LogP contribution in [0.5, 0.6) is 0 Å². The Morgan fingerprint density at radius 2 is 2.07 bits per heavy atom. The molecule has 0 spiro atoms. The van der Waals surface area contributed by atoms with Crippen LogP contribution in [0.3, 0.4) is 0 Å². The van der Waals surface area contributed by atoms with E-state index in [9.17, 15) is 0 Å². The molecule has 0 aliphatic carbocycles. The van der Waals surface area contributed by atoms with Gasteiger partial charge in [-0.25, -0.2) is 4.68 Å². The molecule has 1 aliphatic heterocycles. The lowest BCUT2D eigenvalue weighted by atomic mass is 10.0. The van der Waals surface area contributed by atoms with E-state index in [0.29, 0.717) is 6.54 Å². The van der Waals surface area contributed by atoms with Gasteiger partial charge in [0.05, 0.1) is 30.5 Å². The molecule has 0 unspecified atom stereocenters. The molecule has 0 bridgehead atoms. The normalized spacial score (nSPS) is 18.4. The van der Waals surface area contributed by atoms with Crippen LogP contribution in [0, 0.1) is 0 Å². The minimum atomic E-state index is -0.246. The fourth-order valence-corrected chi connectivity index (χ4v) is 3.83. The van der Waals surface area contributed by atoms with Crippen LogP contribution >= 0.6 is 0 Å². The second-order valence-corrected chi connectivity index (χ2v) is 8.45. The van der Waals surface area contributed by atoms with Gasteiger partial charge >= 0.3 is 0 Å². The Labute approximate surface area is 170 Å². The van der Waals surface area contributed by atoms with Crippen molar-refractivity contribution in [2.75, 3.05) is 13.2 Å². The number of pyridine rings is 1. The summed E-state index contributed by atoms with van der Waals surface area (Å²) in [6.45, 7) is 8.54. The lowest BCUT2D eigenvalue weighted by molar-refractivity contribution is 0.0538. The minimum absolute atomic E-state index is 0.151. The van der Waals surface area contributed by atoms with Gasteiger partial charge in [-0.2, -0.15) is 0 Å². The zero-order valence-corrected chi connectivity index (χ0v) is 17.2. The van der Waals surface area contributed by atoms with Gasteiger partial charge in [0.15, 0.2) is 5.82 Å². The zero-order valence-electron chi connectivity index (χ0n) is 17.2. The quantitative estimate of drug-likeness (QED) is 0.606. The van der Waals surface area contributed by atoms with E-state index in [1.165, 1.54) is 0 Å². The number of hydrogen-bond donors (Lipinski definition) is 0. The van der Waals surface area contributed by atoms with Crippen LogP contribution in [0.2, 0.25) is 0 Å². The molecule has 1 saturated heterocycles. The molecule has 4 heterocycles. The number of nitrogens with zero attached hydrogens (tertiary/aromatic N) is 6. The Balaban J connectivity index is 1.76. The summed E-state index contributed by atoms with van der Waals surface area (Å²) in [5, 5.41) is 12.8. The molecule has 0 radical (unpaired) electrons. The Hall–Kier alpha value is -2.58. The van der Waals surface area contributed by atoms with Crippen LogP contribution < -0.4 is 0 Å². The van der Waals surface area contributed by atoms with Crippen LogP contribution in [-0.4, -0.2) is 49.3 Å². The molecule has 1 fully saturated rings. The van der Waals surface area contributed by atoms with Crippen molar-refractivity contribution in [3.63, 3.8) is 0 Å². The molecule has 2 atom stereocenters. The summed E-state index contributed by atoms with van der Waals surface area (Å²) in [6.07, 6.45) is 7.67. The number of hydrogen-bond acceptors (Lipinski definition) is 7. The maximum atomic E-state index is 5.96. The molecule has 29 heavy (non-hydrogen) atoms. The highest BCUT2D eigenvalue weighted by atomic mass is 16.5. The predicted molar refractivity (Wildman–Crippen MR) is 107 cm³/mol. The summed E-state index contributed by atoms with van der Waals surface area (Å²) in [6, 6.07) is 7.81. The molecule has 154 valence electrons. The third-order valence-corrected chi connectivity index (χ3v) is 5.16. The standard InChI is InChI=1S/C21H28N6O2/c1-21(2,3)27-20(23-24-25-27)19(16-8-10-22-11-9-16)26(14-17-6-4-12-28-17)15-18-7-5-13-29-18/h4,6,8-12,18-19H,5,7,13-15H2,1-3H3/t18-,19-/m1/s1. The van der Waals surface area contributed by atoms with E-state index in [1.54, 1.807) is 6.26 Å². The van der Waals surface area contributed by atoms with E-state index in [1.807, 2.05) is 41.3 Å². The molecule has 8 heteroatoms. The molecule has 0 saturated carbocycles. The fourth-order valence-electron chi connectivity index (χ4n) is 3.83. The molecule has 4 rings (SSSR count). The highest BCUT2D eigenvalue weighted by Gasteiger charge is 2.33. The first kappa shape index (κ1) is 19.7. The van der Waals surface area contributed by atoms with Gasteiger partial charge in [-0.15, -0.1) is 5.10 Å². The van der Waals surface area contributed by atoms with E-state index in [0.717, 1.165) is 43.1 Å². The summed E-state index contributed by atoms with van der Waals surface area (Å²) in [5.74, 6) is 1.70. The van der Waals surface area contributed by atoms with Gasteiger partial charge in [-0.3, -0.25) is 9.88 Å². The van der Waals surface area contributed by atoms with Gasteiger partial charge in [-0.05, 0) is 73.9 Å². The summed E-state index contributed by atoms with van der Waals surface area (Å²) in [7, 11) is 0. The number of aromatic nitrogens is 5. The van der Waals surface area contributed by atoms with Gasteiger partial charge < -0.3 is 9.15 Å². The molecule has 0 N–H and O–H groups in total. The van der Waals surface area contributed by atoms with Crippen LogP contribution in [0.15, 0.2) is 47.3 Å². The van der Waals surface area contributed by atoms with Crippen LogP contribution in [0.4, 0.5) is 0 Å². The SMILES string of the molecule is CC(C)(C)n1nnnc1[C@@H](c1ccncc1)N(Cc1ccco1)C[C@H]1CCCO1. The second-order valence-electron chi connectivity index (χ2n) is 8.45. The summed E-state index contributed by atoms with van der Waals surface area (Å²) < 4.78 is 13.5. The van der Waals surface area contributed by atoms with E-state index in [2.05, 4.69) is 46.2 Å². The first-order chi connectivity index (χ1) is 14.0. The van der Waals surface area contributed by atoms with Crippen LogP contribution in [0.1, 0.15) is 56.8 Å². The first-order valence-corrected chi connectivity index (χ1v) is 10.1. The smallest absolute Gasteiger partial charge is 0.173 e. The van der Waals surface area contributed by atoms with Gasteiger partial charge in [0.25, 0.3) is 0 Å². The average molecular weight is 396 g/mol. The highest BCUT2D eigenvalue weighted by Crippen LogP contribution is 2.32. The molecule has 8 nitrogen and oxygen atoms in total. The predicted octanol–water partition coefficient (Wildman–Crippen LogP) is 3.19. The van der Waals surface area contributed by atoms with Crippen molar-refractivity contribution in [1.29, 1.82) is 0 Å². The van der Waals surface area contributed by atoms with Crippen molar-refractivity contribution >= 4 is 0 Å². The van der Waals surface area contributed by atoms with E-state index >= 15 is 0 Å². The van der Waals surface area contributed by atoms with E-state index < -0.39 is 0 Å². The lowest BCUT2D eigenvalue weighted by Crippen LogP contribution is -2.38. The molecule has 3 aromatic rings. The highest BCUT2D eigenvalue weighted by molar-refractivity contribution is 5.23. The molecular formula is C21H28N6O2. The van der Waals surface area contributed by atoms with Crippen molar-refractivity contribution in [2.24, 2.45) is 0 Å². The Bertz CT molecular complexity index is 882. The monoisotopic (exact) mass is 396 g/mol. The van der Waals surface area contributed by atoms with Crippen LogP contribution in [-0.2, 0) is 16.8 Å². The van der Waals surface area contributed by atoms with Gasteiger partial charge in [-0.1, -0.05) is 0 Å². The Morgan fingerprint density at radius 3 is 2.72 bits per heavy atom. The van der Waals surface area contributed by atoms with Crippen molar-refractivity contribution in [3.8, 4) is 0 Å². The maximum absolute atomic E-state index is 5.96. The Kier molecular flexibility index (Phi) is 5.73. The third kappa shape index (κ3) is 4.54. The fraction of sp³-hybridized carbons (Fsp3) is 0.524. The third-order valence-electron chi connectivity index (χ3n) is 5.16. The van der Waals surface area contributed by atoms with E-state index in [4.69, 9.17) is 9.15 Å². The van der Waals surface area contributed by atoms with Crippen molar-refractivity contribution < 1.29 is 9.15 Å². The summed E-state index contributed by atoms with van der Waals surface area (Å²) in [4.78, 5) is 6.54. The molecule has 1 aliphatic rings. The van der Waals surface area contributed by atoms with Gasteiger partial charge in [0.2, 0.25) is 0 Å². The number of rotatable bonds is 7. The summed E-state index contributed by atoms with van der Waals surface area (Å²) in [5.41, 5.74) is 0.842. The molecule has 0 aromatic carbocycles. The summed E-state index contributed by atoms with van der Waals surface area (Å²) >= 11 is 0. The second kappa shape index (κ2) is 8.42. The van der Waals surface area contributed by atoms with Crippen molar-refractivity contribution in [2.45, 2.75) is 57.8 Å². The maximum Gasteiger partial charge on any atom is 0.173 e. The molecular weight excluding hydrogens is 368 g/mol. The van der Waals surface area contributed by atoms with Crippen molar-refractivity contribution in [1.82, 2.24) is 30.1 Å². The van der Waals surface area contributed by atoms with Gasteiger partial charge in [0.1, 0.15) is 5.76 Å². The number of furan rings is 1. The largest absolute Gasteiger partial charge is 0.468 e. The zero-order chi connectivity index (χ0) is 20.3. The van der Waals surface area contributed by atoms with Crippen LogP contribution in [0.25, 0.3) is 0 Å². The molecule has 3 aromatic heterocycles. The Morgan fingerprint density at radius 1 is 1.24 bits per heavy atom. The van der Waals surface area contributed by atoms with E-state index in [-0.39, 0.29) is 17.7 Å². The number of ether oxygens (including phenoxy) is 1.